The number of hydrogen-bond acceptors (Lipinski definition) is 23. The molecular formula is C62H116N10O18. The fourth-order valence-electron chi connectivity index (χ4n) is 8.46. The third-order valence-corrected chi connectivity index (χ3v) is 14.8. The summed E-state index contributed by atoms with van der Waals surface area (Å²) in [6.45, 7) is 17.2. The van der Waals surface area contributed by atoms with Gasteiger partial charge in [0.1, 0.15) is 31.4 Å². The van der Waals surface area contributed by atoms with Gasteiger partial charge in [0.2, 0.25) is 29.5 Å². The van der Waals surface area contributed by atoms with Crippen LogP contribution in [0.3, 0.4) is 0 Å². The number of oxime groups is 2. The van der Waals surface area contributed by atoms with E-state index in [9.17, 15) is 48.8 Å². The Labute approximate surface area is 535 Å². The maximum Gasteiger partial charge on any atom is 0.245 e. The van der Waals surface area contributed by atoms with Gasteiger partial charge in [0.25, 0.3) is 0 Å². The van der Waals surface area contributed by atoms with Crippen molar-refractivity contribution in [1.82, 2.24) is 37.2 Å². The molecule has 0 aromatic rings. The summed E-state index contributed by atoms with van der Waals surface area (Å²) in [5, 5.41) is 45.9. The number of ether oxygens (including phenoxy) is 8. The molecule has 28 heteroatoms. The Balaban J connectivity index is 3.84. The number of ketones is 3. The van der Waals surface area contributed by atoms with Crippen molar-refractivity contribution >= 4 is 58.3 Å². The Bertz CT molecular complexity index is 2000. The lowest BCUT2D eigenvalue weighted by atomic mass is 9.93. The average molecular weight is 1290 g/mol. The van der Waals surface area contributed by atoms with E-state index in [0.29, 0.717) is 155 Å². The zero-order valence-corrected chi connectivity index (χ0v) is 55.7. The molecule has 0 aliphatic carbocycles. The van der Waals surface area contributed by atoms with Gasteiger partial charge < -0.3 is 91.3 Å². The number of rotatable bonds is 64. The van der Waals surface area contributed by atoms with Crippen LogP contribution in [0.15, 0.2) is 10.3 Å². The van der Waals surface area contributed by atoms with Crippen LogP contribution in [0.4, 0.5) is 0 Å². The van der Waals surface area contributed by atoms with Gasteiger partial charge in [-0.2, -0.15) is 0 Å². The zero-order valence-electron chi connectivity index (χ0n) is 55.7. The van der Waals surface area contributed by atoms with E-state index in [1.54, 1.807) is 20.9 Å². The number of nitrogens with zero attached hydrogens (tertiary/aromatic N) is 2. The fourth-order valence-corrected chi connectivity index (χ4v) is 8.46. The largest absolute Gasteiger partial charge is 0.411 e. The lowest BCUT2D eigenvalue weighted by Gasteiger charge is -2.32. The normalized spacial score (nSPS) is 12.9. The Morgan fingerprint density at radius 1 is 0.456 bits per heavy atom. The van der Waals surface area contributed by atoms with Crippen LogP contribution in [-0.4, -0.2) is 238 Å². The molecule has 0 saturated heterocycles. The Morgan fingerprint density at radius 2 is 0.856 bits per heavy atom. The molecule has 0 fully saturated rings. The van der Waals surface area contributed by atoms with Crippen molar-refractivity contribution in [3.8, 4) is 0 Å². The predicted molar refractivity (Wildman–Crippen MR) is 341 cm³/mol. The number of amides is 5. The first-order valence-corrected chi connectivity index (χ1v) is 32.2. The molecule has 0 heterocycles. The van der Waals surface area contributed by atoms with Gasteiger partial charge in [-0.15, -0.1) is 0 Å². The molecule has 90 heavy (non-hydrogen) atoms. The highest BCUT2D eigenvalue weighted by molar-refractivity contribution is 5.91. The molecule has 28 nitrogen and oxygen atoms in total. The second-order valence-corrected chi connectivity index (χ2v) is 23.2. The van der Waals surface area contributed by atoms with Crippen LogP contribution >= 0.6 is 0 Å². The van der Waals surface area contributed by atoms with E-state index in [2.05, 4.69) is 47.5 Å². The van der Waals surface area contributed by atoms with Gasteiger partial charge in [0.15, 0.2) is 5.78 Å². The molecule has 0 aromatic heterocycles. The molecule has 0 aliphatic heterocycles. The molecule has 0 bridgehead atoms. The quantitative estimate of drug-likeness (QED) is 0.0181. The minimum Gasteiger partial charge on any atom is -0.411 e. The molecule has 0 aromatic carbocycles. The molecule has 0 rings (SSSR count). The summed E-state index contributed by atoms with van der Waals surface area (Å²) in [6, 6.07) is -0.760. The van der Waals surface area contributed by atoms with E-state index >= 15 is 0 Å². The predicted octanol–water partition coefficient (Wildman–Crippen LogP) is 2.83. The van der Waals surface area contributed by atoms with Gasteiger partial charge >= 0.3 is 0 Å². The van der Waals surface area contributed by atoms with Crippen LogP contribution < -0.4 is 43.0 Å². The van der Waals surface area contributed by atoms with E-state index in [4.69, 9.17) is 43.6 Å². The van der Waals surface area contributed by atoms with Crippen molar-refractivity contribution in [1.29, 1.82) is 0 Å². The van der Waals surface area contributed by atoms with Gasteiger partial charge in [-0.25, -0.2) is 0 Å². The Morgan fingerprint density at radius 3 is 1.28 bits per heavy atom. The summed E-state index contributed by atoms with van der Waals surface area (Å²) < 4.78 is 43.9. The molecule has 0 saturated carbocycles. The number of Topliss-reactive ketones (excluding diaryl/α,β-unsaturated/α-hetero) is 3. The van der Waals surface area contributed by atoms with E-state index in [1.807, 2.05) is 27.7 Å². The van der Waals surface area contributed by atoms with E-state index in [-0.39, 0.29) is 118 Å². The molecule has 5 amide bonds. The Kier molecular flexibility index (Phi) is 52.3. The number of nitrogens with two attached hydrogens (primary N) is 1. The molecule has 0 spiro atoms. The van der Waals surface area contributed by atoms with Crippen LogP contribution in [0.1, 0.15) is 164 Å². The maximum absolute atomic E-state index is 13.0. The number of carbonyl (C=O) groups is 8. The van der Waals surface area contributed by atoms with Gasteiger partial charge in [-0.05, 0) is 126 Å². The zero-order chi connectivity index (χ0) is 67.1. The molecule has 0 aliphatic rings. The first kappa shape index (κ1) is 84.9. The average Bonchev–Trinajstić information content (AvgIpc) is 2.14. The molecular weight excluding hydrogens is 1170 g/mol. The van der Waals surface area contributed by atoms with Crippen LogP contribution in [-0.2, 0) is 76.3 Å². The molecule has 0 unspecified atom stereocenters. The monoisotopic (exact) mass is 1290 g/mol. The minimum atomic E-state index is -0.658. The summed E-state index contributed by atoms with van der Waals surface area (Å²) in [5.41, 5.74) is 4.91. The summed E-state index contributed by atoms with van der Waals surface area (Å²) in [6.07, 6.45) is 10.3. The van der Waals surface area contributed by atoms with Gasteiger partial charge in [0.05, 0.1) is 101 Å². The van der Waals surface area contributed by atoms with Crippen molar-refractivity contribution in [2.45, 2.75) is 187 Å². The summed E-state index contributed by atoms with van der Waals surface area (Å²) in [7, 11) is 3.21. The smallest absolute Gasteiger partial charge is 0.245 e. The Hall–Kier alpha value is -5.14. The SMILES string of the molecule is CNC(=O)[C@H](CCCCNC(=O)COCCOCCOCC(=O)CCCCOCCOCCOCCCCC(=O)CCCCOCCOCC(=O)NCCCC[C@H](NC)C(N)=O)CC(=O)CCCC(=O)NC(CNC(C)(C)/C(C)=N/O)CNC(C)(C)/C(C)=N/O. The first-order chi connectivity index (χ1) is 43.1. The standard InChI is InChI=1S/C62H116N10O18/c1-48(71-81)61(3,4)68-43-51(44-69-62(5,6)49(2)72-82)70-56(76)26-19-24-53(74)42-50(60(80)65-8)20-9-14-27-66-57(77)47-90-41-38-87-37-39-88-45-54(75)23-13-18-31-84-33-35-86-34-32-83-29-16-11-21-52(73)22-12-17-30-85-36-40-89-46-58(78)67-28-15-10-25-55(64-7)59(63)79/h50-51,55,64,68-69,81-82H,9-47H2,1-8H3,(H2,63,79)(H,65,80)(H,66,77)(H,67,78)(H,70,76)/b71-48+,72-49+/t50-,55+/m1/s1. The molecule has 2 atom stereocenters. The summed E-state index contributed by atoms with van der Waals surface area (Å²) >= 11 is 0. The van der Waals surface area contributed by atoms with Crippen LogP contribution in [0.25, 0.3) is 0 Å². The molecule has 0 radical (unpaired) electrons. The first-order valence-electron chi connectivity index (χ1n) is 32.2. The second kappa shape index (κ2) is 55.5. The number of carbonyl (C=O) groups excluding carboxylic acids is 8. The van der Waals surface area contributed by atoms with Crippen molar-refractivity contribution < 1.29 is 86.7 Å². The van der Waals surface area contributed by atoms with Crippen molar-refractivity contribution in [2.75, 3.05) is 146 Å². The highest BCUT2D eigenvalue weighted by Gasteiger charge is 2.28. The topological polar surface area (TPSA) is 386 Å². The third kappa shape index (κ3) is 48.6. The lowest BCUT2D eigenvalue weighted by Crippen LogP contribution is -2.57. The van der Waals surface area contributed by atoms with Gasteiger partial charge in [-0.3, -0.25) is 38.4 Å². The summed E-state index contributed by atoms with van der Waals surface area (Å²) in [5.74, 6) is -1.81. The van der Waals surface area contributed by atoms with Crippen LogP contribution in [0.5, 0.6) is 0 Å². The second-order valence-electron chi connectivity index (χ2n) is 23.2. The number of likely N-dealkylation sites (N-methyl/N-ethyl adjacent to an activating group) is 1. The van der Waals surface area contributed by atoms with E-state index in [0.717, 1.165) is 44.9 Å². The minimum absolute atomic E-state index is 0.000669. The fraction of sp³-hybridized carbons (Fsp3) is 0.839. The maximum atomic E-state index is 13.0. The summed E-state index contributed by atoms with van der Waals surface area (Å²) in [4.78, 5) is 98.4. The van der Waals surface area contributed by atoms with E-state index in [1.165, 1.54) is 7.05 Å². The van der Waals surface area contributed by atoms with E-state index < -0.39 is 23.0 Å². The molecule has 11 N–H and O–H groups in total. The van der Waals surface area contributed by atoms with Gasteiger partial charge in [0, 0.05) is 97.5 Å². The highest BCUT2D eigenvalue weighted by atomic mass is 16.6. The third-order valence-electron chi connectivity index (χ3n) is 14.8. The van der Waals surface area contributed by atoms with Crippen LogP contribution in [0, 0.1) is 5.92 Å². The van der Waals surface area contributed by atoms with Crippen molar-refractivity contribution in [2.24, 2.45) is 22.0 Å². The molecule has 522 valence electrons. The number of hydrogen-bond donors (Lipinski definition) is 10. The van der Waals surface area contributed by atoms with Crippen molar-refractivity contribution in [3.05, 3.63) is 0 Å². The number of primary amides is 1. The number of unbranched alkanes of at least 4 members (excludes halogenated alkanes) is 5. The highest BCUT2D eigenvalue weighted by Crippen LogP contribution is 2.16. The van der Waals surface area contributed by atoms with Crippen LogP contribution in [0.2, 0.25) is 0 Å². The van der Waals surface area contributed by atoms with Gasteiger partial charge in [-0.1, -0.05) is 16.7 Å². The number of nitrogens with one attached hydrogen (secondary N) is 7. The van der Waals surface area contributed by atoms with Crippen molar-refractivity contribution in [3.63, 3.8) is 0 Å². The lowest BCUT2D eigenvalue weighted by molar-refractivity contribution is -0.129.